The van der Waals surface area contributed by atoms with Gasteiger partial charge in [0.2, 0.25) is 0 Å². The van der Waals surface area contributed by atoms with Crippen molar-refractivity contribution in [1.29, 1.82) is 0 Å². The molecule has 0 bridgehead atoms. The van der Waals surface area contributed by atoms with Crippen LogP contribution in [0.15, 0.2) is 54.6 Å². The number of hydrogen-bond acceptors (Lipinski definition) is 2. The summed E-state index contributed by atoms with van der Waals surface area (Å²) in [7, 11) is 0. The topological polar surface area (TPSA) is 42.0 Å². The number of pyridine rings is 1. The van der Waals surface area contributed by atoms with Crippen molar-refractivity contribution in [2.75, 3.05) is 6.54 Å². The van der Waals surface area contributed by atoms with Crippen LogP contribution in [0.3, 0.4) is 0 Å². The van der Waals surface area contributed by atoms with Crippen LogP contribution in [0.2, 0.25) is 0 Å². The van der Waals surface area contributed by atoms with E-state index in [1.165, 1.54) is 11.1 Å². The van der Waals surface area contributed by atoms with Gasteiger partial charge >= 0.3 is 0 Å². The Bertz CT molecular complexity index is 838. The Morgan fingerprint density at radius 1 is 1.04 bits per heavy atom. The largest absolute Gasteiger partial charge is 0.352 e. The van der Waals surface area contributed by atoms with Crippen LogP contribution in [0.1, 0.15) is 27.2 Å². The molecular formula is C20H20N2O. The maximum absolute atomic E-state index is 12.5. The van der Waals surface area contributed by atoms with Crippen LogP contribution in [0.5, 0.6) is 0 Å². The molecule has 3 aromatic rings. The Morgan fingerprint density at radius 2 is 1.78 bits per heavy atom. The number of carbonyl (C=O) groups excluding carboxylic acids is 1. The number of nitrogens with one attached hydrogen (secondary N) is 1. The second-order valence-electron chi connectivity index (χ2n) is 5.82. The lowest BCUT2D eigenvalue weighted by molar-refractivity contribution is 0.0955. The maximum atomic E-state index is 12.5. The summed E-state index contributed by atoms with van der Waals surface area (Å²) >= 11 is 0. The minimum Gasteiger partial charge on any atom is -0.352 e. The molecule has 0 radical (unpaired) electrons. The van der Waals surface area contributed by atoms with E-state index in [1.54, 1.807) is 0 Å². The van der Waals surface area contributed by atoms with E-state index in [-0.39, 0.29) is 5.91 Å². The molecule has 1 aromatic heterocycles. The molecule has 0 spiro atoms. The van der Waals surface area contributed by atoms with E-state index in [9.17, 15) is 4.79 Å². The average Bonchev–Trinajstić information content (AvgIpc) is 2.55. The summed E-state index contributed by atoms with van der Waals surface area (Å²) in [6.07, 6.45) is 0.827. The molecule has 2 aromatic carbocycles. The summed E-state index contributed by atoms with van der Waals surface area (Å²) in [5, 5.41) is 3.91. The van der Waals surface area contributed by atoms with Crippen LogP contribution in [0, 0.1) is 13.8 Å². The number of fused-ring (bicyclic) bond motifs is 1. The van der Waals surface area contributed by atoms with Crippen molar-refractivity contribution in [3.05, 3.63) is 77.0 Å². The molecule has 0 saturated carbocycles. The lowest BCUT2D eigenvalue weighted by atomic mass is 10.1. The van der Waals surface area contributed by atoms with Crippen LogP contribution in [0.25, 0.3) is 10.9 Å². The van der Waals surface area contributed by atoms with Gasteiger partial charge in [0.25, 0.3) is 5.91 Å². The molecule has 1 amide bonds. The monoisotopic (exact) mass is 304 g/mol. The van der Waals surface area contributed by atoms with E-state index >= 15 is 0 Å². The van der Waals surface area contributed by atoms with E-state index in [4.69, 9.17) is 0 Å². The third-order valence-electron chi connectivity index (χ3n) is 3.91. The zero-order valence-corrected chi connectivity index (χ0v) is 13.5. The SMILES string of the molecule is Cc1ccc(CCNC(=O)c2cc(C)nc3ccccc23)cc1. The number of nitrogens with zero attached hydrogens (tertiary/aromatic N) is 1. The van der Waals surface area contributed by atoms with Gasteiger partial charge in [0.05, 0.1) is 11.1 Å². The Balaban J connectivity index is 1.72. The summed E-state index contributed by atoms with van der Waals surface area (Å²) < 4.78 is 0. The molecule has 0 aliphatic carbocycles. The lowest BCUT2D eigenvalue weighted by Crippen LogP contribution is -2.26. The molecule has 0 aliphatic rings. The molecule has 1 N–H and O–H groups in total. The van der Waals surface area contributed by atoms with Crippen LogP contribution >= 0.6 is 0 Å². The predicted octanol–water partition coefficient (Wildman–Crippen LogP) is 3.82. The standard InChI is InChI=1S/C20H20N2O/c1-14-7-9-16(10-8-14)11-12-21-20(23)18-13-15(2)22-19-6-4-3-5-17(18)19/h3-10,13H,11-12H2,1-2H3,(H,21,23). The molecular weight excluding hydrogens is 284 g/mol. The molecule has 3 rings (SSSR count). The van der Waals surface area contributed by atoms with E-state index in [0.717, 1.165) is 23.0 Å². The summed E-state index contributed by atoms with van der Waals surface area (Å²) in [6.45, 7) is 4.61. The van der Waals surface area contributed by atoms with Gasteiger partial charge in [-0.15, -0.1) is 0 Å². The second-order valence-corrected chi connectivity index (χ2v) is 5.82. The van der Waals surface area contributed by atoms with Crippen LogP contribution in [-0.4, -0.2) is 17.4 Å². The van der Waals surface area contributed by atoms with E-state index < -0.39 is 0 Å². The summed E-state index contributed by atoms with van der Waals surface area (Å²) in [5.74, 6) is -0.0428. The highest BCUT2D eigenvalue weighted by molar-refractivity contribution is 6.06. The van der Waals surface area contributed by atoms with Crippen molar-refractivity contribution >= 4 is 16.8 Å². The molecule has 0 unspecified atom stereocenters. The van der Waals surface area contributed by atoms with Crippen molar-refractivity contribution < 1.29 is 4.79 Å². The summed E-state index contributed by atoms with van der Waals surface area (Å²) in [4.78, 5) is 17.0. The fraction of sp³-hybridized carbons (Fsp3) is 0.200. The van der Waals surface area contributed by atoms with Gasteiger partial charge in [-0.3, -0.25) is 9.78 Å². The maximum Gasteiger partial charge on any atom is 0.252 e. The second kappa shape index (κ2) is 6.61. The number of para-hydroxylation sites is 1. The predicted molar refractivity (Wildman–Crippen MR) is 93.7 cm³/mol. The Morgan fingerprint density at radius 3 is 2.57 bits per heavy atom. The van der Waals surface area contributed by atoms with Gasteiger partial charge in [0, 0.05) is 17.6 Å². The molecule has 0 fully saturated rings. The van der Waals surface area contributed by atoms with Crippen LogP contribution in [0.4, 0.5) is 0 Å². The zero-order valence-electron chi connectivity index (χ0n) is 13.5. The molecule has 0 aliphatic heterocycles. The number of hydrogen-bond donors (Lipinski definition) is 1. The van der Waals surface area contributed by atoms with Gasteiger partial charge in [-0.05, 0) is 38.0 Å². The normalized spacial score (nSPS) is 10.7. The van der Waals surface area contributed by atoms with Gasteiger partial charge < -0.3 is 5.32 Å². The number of rotatable bonds is 4. The molecule has 1 heterocycles. The summed E-state index contributed by atoms with van der Waals surface area (Å²) in [5.41, 5.74) is 4.88. The Labute approximate surface area is 136 Å². The molecule has 116 valence electrons. The Kier molecular flexibility index (Phi) is 4.38. The first-order valence-corrected chi connectivity index (χ1v) is 7.83. The smallest absolute Gasteiger partial charge is 0.252 e. The average molecular weight is 304 g/mol. The van der Waals surface area contributed by atoms with Crippen molar-refractivity contribution in [3.8, 4) is 0 Å². The van der Waals surface area contributed by atoms with E-state index in [0.29, 0.717) is 12.1 Å². The van der Waals surface area contributed by atoms with Crippen molar-refractivity contribution in [2.24, 2.45) is 0 Å². The molecule has 3 nitrogen and oxygen atoms in total. The minimum atomic E-state index is -0.0428. The van der Waals surface area contributed by atoms with Crippen LogP contribution < -0.4 is 5.32 Å². The molecule has 3 heteroatoms. The van der Waals surface area contributed by atoms with Gasteiger partial charge in [-0.1, -0.05) is 48.0 Å². The van der Waals surface area contributed by atoms with Crippen LogP contribution in [-0.2, 0) is 6.42 Å². The molecule has 0 atom stereocenters. The highest BCUT2D eigenvalue weighted by Gasteiger charge is 2.11. The number of amides is 1. The zero-order chi connectivity index (χ0) is 16.2. The van der Waals surface area contributed by atoms with Crippen molar-refractivity contribution in [2.45, 2.75) is 20.3 Å². The first kappa shape index (κ1) is 15.2. The number of aryl methyl sites for hydroxylation is 2. The molecule has 0 saturated heterocycles. The summed E-state index contributed by atoms with van der Waals surface area (Å²) in [6, 6.07) is 18.0. The lowest BCUT2D eigenvalue weighted by Gasteiger charge is -2.09. The fourth-order valence-electron chi connectivity index (χ4n) is 2.67. The highest BCUT2D eigenvalue weighted by Crippen LogP contribution is 2.18. The number of carbonyl (C=O) groups is 1. The minimum absolute atomic E-state index is 0.0428. The van der Waals surface area contributed by atoms with Gasteiger partial charge in [-0.25, -0.2) is 0 Å². The van der Waals surface area contributed by atoms with Gasteiger partial charge in [0.15, 0.2) is 0 Å². The molecule has 23 heavy (non-hydrogen) atoms. The fourth-order valence-corrected chi connectivity index (χ4v) is 2.67. The number of aromatic nitrogens is 1. The number of benzene rings is 2. The van der Waals surface area contributed by atoms with Crippen molar-refractivity contribution in [3.63, 3.8) is 0 Å². The highest BCUT2D eigenvalue weighted by atomic mass is 16.1. The van der Waals surface area contributed by atoms with E-state index in [1.807, 2.05) is 37.3 Å². The van der Waals surface area contributed by atoms with Gasteiger partial charge in [0.1, 0.15) is 0 Å². The van der Waals surface area contributed by atoms with Gasteiger partial charge in [-0.2, -0.15) is 0 Å². The van der Waals surface area contributed by atoms with E-state index in [2.05, 4.69) is 41.5 Å². The van der Waals surface area contributed by atoms with Crippen molar-refractivity contribution in [1.82, 2.24) is 10.3 Å². The third kappa shape index (κ3) is 3.57. The quantitative estimate of drug-likeness (QED) is 0.796. The first-order chi connectivity index (χ1) is 11.1. The Hall–Kier alpha value is -2.68. The third-order valence-corrected chi connectivity index (χ3v) is 3.91. The first-order valence-electron chi connectivity index (χ1n) is 7.83.